The second kappa shape index (κ2) is 11.6. The normalized spacial score (nSPS) is 11.4. The van der Waals surface area contributed by atoms with Crippen molar-refractivity contribution in [1.82, 2.24) is 4.57 Å². The standard InChI is InChI=1S/C41H33NSi/c1-32-39(33-20-8-2-9-21-33)42(35-24-12-4-13-25-35)40(34-22-10-3-11-23-34)41(32)43(36-26-14-5-15-27-36,37-28-16-6-17-29-37)38-30-18-7-19-31-38/h2-31H,1H3. The lowest BCUT2D eigenvalue weighted by molar-refractivity contribution is 1.09. The van der Waals surface area contributed by atoms with Crippen LogP contribution in [0.1, 0.15) is 5.56 Å². The van der Waals surface area contributed by atoms with Gasteiger partial charge in [-0.15, -0.1) is 0 Å². The summed E-state index contributed by atoms with van der Waals surface area (Å²) in [5, 5.41) is 5.54. The number of rotatable bonds is 7. The number of para-hydroxylation sites is 1. The molecule has 0 radical (unpaired) electrons. The first kappa shape index (κ1) is 26.7. The van der Waals surface area contributed by atoms with Crippen LogP contribution in [0.2, 0.25) is 0 Å². The molecule has 0 aliphatic carbocycles. The second-order valence-corrected chi connectivity index (χ2v) is 14.7. The van der Waals surface area contributed by atoms with E-state index in [1.807, 2.05) is 0 Å². The summed E-state index contributed by atoms with van der Waals surface area (Å²) in [5.41, 5.74) is 7.39. The third kappa shape index (κ3) is 4.57. The van der Waals surface area contributed by atoms with Gasteiger partial charge in [0.2, 0.25) is 0 Å². The highest BCUT2D eigenvalue weighted by atomic mass is 28.3. The molecule has 6 aromatic carbocycles. The van der Waals surface area contributed by atoms with Gasteiger partial charge in [0.1, 0.15) is 0 Å². The van der Waals surface area contributed by atoms with E-state index in [1.54, 1.807) is 0 Å². The van der Waals surface area contributed by atoms with Crippen molar-refractivity contribution in [3.8, 4) is 28.2 Å². The third-order valence-corrected chi connectivity index (χ3v) is 13.5. The molecule has 0 spiro atoms. The zero-order chi connectivity index (χ0) is 29.1. The largest absolute Gasteiger partial charge is 0.309 e. The second-order valence-electron chi connectivity index (χ2n) is 10.9. The van der Waals surface area contributed by atoms with Crippen molar-refractivity contribution in [3.05, 3.63) is 188 Å². The molecule has 0 unspecified atom stereocenters. The third-order valence-electron chi connectivity index (χ3n) is 8.52. The number of benzene rings is 6. The molecule has 0 atom stereocenters. The predicted molar refractivity (Wildman–Crippen MR) is 185 cm³/mol. The molecule has 2 heteroatoms. The molecule has 0 aliphatic heterocycles. The zero-order valence-corrected chi connectivity index (χ0v) is 25.3. The summed E-state index contributed by atoms with van der Waals surface area (Å²) in [6.45, 7) is 2.35. The van der Waals surface area contributed by atoms with Crippen LogP contribution in [0.5, 0.6) is 0 Å². The van der Waals surface area contributed by atoms with Gasteiger partial charge in [-0.25, -0.2) is 0 Å². The first-order chi connectivity index (χ1) is 21.3. The summed E-state index contributed by atoms with van der Waals surface area (Å²) in [6, 6.07) is 66.4. The topological polar surface area (TPSA) is 4.93 Å². The van der Waals surface area contributed by atoms with Gasteiger partial charge < -0.3 is 4.57 Å². The smallest absolute Gasteiger partial charge is 0.182 e. The molecule has 0 saturated heterocycles. The van der Waals surface area contributed by atoms with Gasteiger partial charge in [-0.3, -0.25) is 0 Å². The molecule has 0 N–H and O–H groups in total. The van der Waals surface area contributed by atoms with Crippen LogP contribution in [-0.4, -0.2) is 12.6 Å². The predicted octanol–water partition coefficient (Wildman–Crippen LogP) is 7.50. The zero-order valence-electron chi connectivity index (χ0n) is 24.3. The quantitative estimate of drug-likeness (QED) is 0.139. The summed E-state index contributed by atoms with van der Waals surface area (Å²) in [5.74, 6) is 0. The highest BCUT2D eigenvalue weighted by Crippen LogP contribution is 2.36. The van der Waals surface area contributed by atoms with Gasteiger partial charge >= 0.3 is 0 Å². The molecule has 7 aromatic rings. The Bertz CT molecular complexity index is 1830. The van der Waals surface area contributed by atoms with E-state index < -0.39 is 8.07 Å². The summed E-state index contributed by atoms with van der Waals surface area (Å²) >= 11 is 0. The Morgan fingerprint density at radius 1 is 0.372 bits per heavy atom. The fourth-order valence-corrected chi connectivity index (χ4v) is 12.0. The molecule has 43 heavy (non-hydrogen) atoms. The highest BCUT2D eigenvalue weighted by Gasteiger charge is 2.46. The van der Waals surface area contributed by atoms with Crippen LogP contribution in [0.4, 0.5) is 0 Å². The van der Waals surface area contributed by atoms with Crippen molar-refractivity contribution in [2.45, 2.75) is 6.92 Å². The molecule has 0 bridgehead atoms. The SMILES string of the molecule is Cc1c([Si](c2ccccc2)(c2ccccc2)c2ccccc2)c(-c2ccccc2)n(-c2ccccc2)c1-c1ccccc1. The Hall–Kier alpha value is -5.18. The first-order valence-electron chi connectivity index (χ1n) is 14.9. The van der Waals surface area contributed by atoms with E-state index in [2.05, 4.69) is 193 Å². The summed E-state index contributed by atoms with van der Waals surface area (Å²) in [7, 11) is -2.87. The van der Waals surface area contributed by atoms with Crippen molar-refractivity contribution in [3.63, 3.8) is 0 Å². The number of hydrogen-bond donors (Lipinski definition) is 0. The first-order valence-corrected chi connectivity index (χ1v) is 16.9. The average molecular weight is 568 g/mol. The Kier molecular flexibility index (Phi) is 7.20. The monoisotopic (exact) mass is 567 g/mol. The van der Waals surface area contributed by atoms with Crippen molar-refractivity contribution >= 4 is 28.8 Å². The molecular formula is C41H33NSi. The minimum atomic E-state index is -2.87. The van der Waals surface area contributed by atoms with Crippen LogP contribution in [0, 0.1) is 6.92 Å². The van der Waals surface area contributed by atoms with E-state index in [-0.39, 0.29) is 0 Å². The van der Waals surface area contributed by atoms with Gasteiger partial charge in [-0.2, -0.15) is 0 Å². The van der Waals surface area contributed by atoms with E-state index in [0.717, 1.165) is 5.69 Å². The number of aromatic nitrogens is 1. The Labute approximate surface area is 255 Å². The fraction of sp³-hybridized carbons (Fsp3) is 0.0244. The maximum atomic E-state index is 2.52. The van der Waals surface area contributed by atoms with E-state index in [4.69, 9.17) is 0 Å². The maximum absolute atomic E-state index is 2.87. The van der Waals surface area contributed by atoms with E-state index in [9.17, 15) is 0 Å². The lowest BCUT2D eigenvalue weighted by Gasteiger charge is -2.35. The van der Waals surface area contributed by atoms with Crippen LogP contribution >= 0.6 is 0 Å². The minimum absolute atomic E-state index is 1.16. The van der Waals surface area contributed by atoms with Gasteiger partial charge in [0.15, 0.2) is 8.07 Å². The van der Waals surface area contributed by atoms with Crippen molar-refractivity contribution in [1.29, 1.82) is 0 Å². The van der Waals surface area contributed by atoms with Crippen LogP contribution in [-0.2, 0) is 0 Å². The molecule has 0 amide bonds. The van der Waals surface area contributed by atoms with Crippen molar-refractivity contribution < 1.29 is 0 Å². The van der Waals surface area contributed by atoms with Crippen LogP contribution in [0.25, 0.3) is 28.2 Å². The van der Waals surface area contributed by atoms with E-state index in [0.29, 0.717) is 0 Å². The van der Waals surface area contributed by atoms with Gasteiger partial charge in [0, 0.05) is 5.69 Å². The molecule has 1 nitrogen and oxygen atoms in total. The lowest BCUT2D eigenvalue weighted by atomic mass is 10.1. The lowest BCUT2D eigenvalue weighted by Crippen LogP contribution is -2.75. The fourth-order valence-electron chi connectivity index (χ4n) is 6.79. The van der Waals surface area contributed by atoms with Crippen LogP contribution in [0.15, 0.2) is 182 Å². The van der Waals surface area contributed by atoms with Gasteiger partial charge in [-0.05, 0) is 56.5 Å². The number of hydrogen-bond acceptors (Lipinski definition) is 0. The van der Waals surface area contributed by atoms with Gasteiger partial charge in [-0.1, -0.05) is 170 Å². The molecule has 0 aliphatic rings. The molecule has 1 aromatic heterocycles. The molecule has 0 fully saturated rings. The Morgan fingerprint density at radius 3 is 1.09 bits per heavy atom. The summed E-state index contributed by atoms with van der Waals surface area (Å²) in [4.78, 5) is 0. The molecule has 7 rings (SSSR count). The van der Waals surface area contributed by atoms with Crippen LogP contribution in [0.3, 0.4) is 0 Å². The van der Waals surface area contributed by atoms with Gasteiger partial charge in [0.25, 0.3) is 0 Å². The van der Waals surface area contributed by atoms with Gasteiger partial charge in [0.05, 0.1) is 11.4 Å². The molecule has 0 saturated carbocycles. The van der Waals surface area contributed by atoms with Crippen molar-refractivity contribution in [2.75, 3.05) is 0 Å². The van der Waals surface area contributed by atoms with Crippen molar-refractivity contribution in [2.24, 2.45) is 0 Å². The maximum Gasteiger partial charge on any atom is 0.182 e. The molecule has 206 valence electrons. The Balaban J connectivity index is 1.76. The minimum Gasteiger partial charge on any atom is -0.309 e. The summed E-state index contributed by atoms with van der Waals surface area (Å²) < 4.78 is 2.52. The van der Waals surface area contributed by atoms with E-state index in [1.165, 1.54) is 48.8 Å². The summed E-state index contributed by atoms with van der Waals surface area (Å²) in [6.07, 6.45) is 0. The Morgan fingerprint density at radius 2 is 0.698 bits per heavy atom. The van der Waals surface area contributed by atoms with E-state index >= 15 is 0 Å². The molecular weight excluding hydrogens is 535 g/mol. The average Bonchev–Trinajstić information content (AvgIpc) is 3.40. The highest BCUT2D eigenvalue weighted by molar-refractivity contribution is 7.20. The number of nitrogens with zero attached hydrogens (tertiary/aromatic N) is 1. The van der Waals surface area contributed by atoms with Crippen LogP contribution < -0.4 is 20.7 Å². The molecule has 1 heterocycles.